The molecule has 0 spiro atoms. The molecule has 0 saturated carbocycles. The fourth-order valence-corrected chi connectivity index (χ4v) is 3.48. The molecule has 9 heteroatoms. The number of fused-ring (bicyclic) bond motifs is 1. The number of hydrogen-bond acceptors (Lipinski definition) is 7. The molecule has 0 saturated heterocycles. The van der Waals surface area contributed by atoms with Gasteiger partial charge in [-0.3, -0.25) is 0 Å². The van der Waals surface area contributed by atoms with Gasteiger partial charge in [0.2, 0.25) is 5.95 Å². The van der Waals surface area contributed by atoms with Crippen LogP contribution in [0.2, 0.25) is 5.02 Å². The highest BCUT2D eigenvalue weighted by Crippen LogP contribution is 2.35. The van der Waals surface area contributed by atoms with E-state index in [1.165, 1.54) is 0 Å². The molecule has 0 bridgehead atoms. The van der Waals surface area contributed by atoms with Gasteiger partial charge in [0.25, 0.3) is 0 Å². The summed E-state index contributed by atoms with van der Waals surface area (Å²) in [6.45, 7) is 4.54. The van der Waals surface area contributed by atoms with Crippen LogP contribution in [0.4, 0.5) is 5.95 Å². The third-order valence-electron chi connectivity index (χ3n) is 4.89. The van der Waals surface area contributed by atoms with Crippen molar-refractivity contribution in [2.75, 3.05) is 11.9 Å². The van der Waals surface area contributed by atoms with Crippen molar-refractivity contribution in [3.63, 3.8) is 0 Å². The number of hydrogen-bond donors (Lipinski definition) is 1. The summed E-state index contributed by atoms with van der Waals surface area (Å²) in [5, 5.41) is 15.6. The number of aromatic nitrogens is 4. The Morgan fingerprint density at radius 2 is 1.90 bits per heavy atom. The van der Waals surface area contributed by atoms with Crippen molar-refractivity contribution in [2.45, 2.75) is 32.9 Å². The third-order valence-corrected chi connectivity index (χ3v) is 5.14. The molecule has 8 nitrogen and oxygen atoms in total. The largest absolute Gasteiger partial charge is 0.489 e. The maximum atomic E-state index is 12.8. The Balaban J connectivity index is 1.57. The first-order valence-corrected chi connectivity index (χ1v) is 10.3. The van der Waals surface area contributed by atoms with Gasteiger partial charge in [-0.25, -0.2) is 4.79 Å². The zero-order valence-electron chi connectivity index (χ0n) is 17.2. The quantitative estimate of drug-likeness (QED) is 0.553. The van der Waals surface area contributed by atoms with E-state index in [4.69, 9.17) is 21.1 Å². The maximum absolute atomic E-state index is 12.8. The Bertz CT molecular complexity index is 1090. The van der Waals surface area contributed by atoms with Crippen LogP contribution >= 0.6 is 11.6 Å². The minimum Gasteiger partial charge on any atom is -0.489 e. The molecule has 1 aliphatic rings. The van der Waals surface area contributed by atoms with Crippen LogP contribution in [0.1, 0.15) is 37.4 Å². The van der Waals surface area contributed by atoms with Crippen molar-refractivity contribution >= 4 is 23.5 Å². The van der Waals surface area contributed by atoms with Gasteiger partial charge in [-0.15, -0.1) is 0 Å². The molecule has 4 rings (SSSR count). The lowest BCUT2D eigenvalue weighted by atomic mass is 9.96. The smallest absolute Gasteiger partial charge is 0.338 e. The van der Waals surface area contributed by atoms with Crippen LogP contribution in [0.15, 0.2) is 59.8 Å². The molecule has 0 amide bonds. The molecule has 160 valence electrons. The van der Waals surface area contributed by atoms with Crippen LogP contribution in [0.3, 0.4) is 0 Å². The number of anilines is 1. The molecular formula is C22H22ClN5O3. The summed E-state index contributed by atoms with van der Waals surface area (Å²) >= 11 is 5.92. The number of esters is 1. The van der Waals surface area contributed by atoms with E-state index >= 15 is 0 Å². The van der Waals surface area contributed by atoms with Crippen LogP contribution < -0.4 is 10.1 Å². The SMILES string of the molecule is CCCOC(=O)C1=C(C)Nc2nnnn2C1c1ccc(OCc2ccc(Cl)cc2)cc1. The first-order chi connectivity index (χ1) is 15.1. The van der Waals surface area contributed by atoms with Crippen molar-refractivity contribution in [3.05, 3.63) is 76.0 Å². The van der Waals surface area contributed by atoms with E-state index in [1.807, 2.05) is 62.4 Å². The van der Waals surface area contributed by atoms with Crippen LogP contribution in [0.5, 0.6) is 5.75 Å². The second-order valence-electron chi connectivity index (χ2n) is 7.13. The van der Waals surface area contributed by atoms with Gasteiger partial charge in [0, 0.05) is 10.7 Å². The summed E-state index contributed by atoms with van der Waals surface area (Å²) in [4.78, 5) is 12.8. The van der Waals surface area contributed by atoms with Gasteiger partial charge < -0.3 is 14.8 Å². The van der Waals surface area contributed by atoms with Crippen molar-refractivity contribution in [2.24, 2.45) is 0 Å². The second-order valence-corrected chi connectivity index (χ2v) is 7.57. The Labute approximate surface area is 184 Å². The number of ether oxygens (including phenoxy) is 2. The van der Waals surface area contributed by atoms with E-state index < -0.39 is 6.04 Å². The molecule has 1 N–H and O–H groups in total. The first kappa shape index (κ1) is 20.9. The molecule has 0 aliphatic carbocycles. The zero-order chi connectivity index (χ0) is 21.8. The molecule has 31 heavy (non-hydrogen) atoms. The Morgan fingerprint density at radius 1 is 1.16 bits per heavy atom. The fraction of sp³-hybridized carbons (Fsp3) is 0.273. The molecule has 1 atom stereocenters. The van der Waals surface area contributed by atoms with E-state index in [1.54, 1.807) is 4.68 Å². The number of halogens is 1. The second kappa shape index (κ2) is 9.18. The van der Waals surface area contributed by atoms with Crippen molar-refractivity contribution in [1.82, 2.24) is 20.2 Å². The molecule has 0 radical (unpaired) electrons. The Hall–Kier alpha value is -3.39. The number of carbonyl (C=O) groups is 1. The summed E-state index contributed by atoms with van der Waals surface area (Å²) < 4.78 is 12.9. The monoisotopic (exact) mass is 439 g/mol. The molecule has 3 aromatic rings. The zero-order valence-corrected chi connectivity index (χ0v) is 18.0. The lowest BCUT2D eigenvalue weighted by Gasteiger charge is -2.27. The molecule has 2 aromatic carbocycles. The number of tetrazole rings is 1. The standard InChI is InChI=1S/C22H22ClN5O3/c1-3-12-30-21(29)19-14(2)24-22-25-26-27-28(22)20(19)16-6-10-18(11-7-16)31-13-15-4-8-17(23)9-5-15/h4-11,20H,3,12-13H2,1-2H3,(H,24,25,27). The number of allylic oxidation sites excluding steroid dienone is 1. The number of nitrogens with zero attached hydrogens (tertiary/aromatic N) is 4. The lowest BCUT2D eigenvalue weighted by molar-refractivity contribution is -0.139. The molecule has 0 fully saturated rings. The highest BCUT2D eigenvalue weighted by Gasteiger charge is 2.34. The summed E-state index contributed by atoms with van der Waals surface area (Å²) in [5.41, 5.74) is 3.00. The predicted octanol–water partition coefficient (Wildman–Crippen LogP) is 4.15. The van der Waals surface area contributed by atoms with E-state index in [0.29, 0.717) is 41.2 Å². The summed E-state index contributed by atoms with van der Waals surface area (Å²) in [5.74, 6) is 0.791. The van der Waals surface area contributed by atoms with Crippen molar-refractivity contribution < 1.29 is 14.3 Å². The Kier molecular flexibility index (Phi) is 6.18. The third kappa shape index (κ3) is 4.54. The van der Waals surface area contributed by atoms with Crippen molar-refractivity contribution in [1.29, 1.82) is 0 Å². The van der Waals surface area contributed by atoms with Gasteiger partial charge in [0.15, 0.2) is 0 Å². The van der Waals surface area contributed by atoms with E-state index in [-0.39, 0.29) is 5.97 Å². The average molecular weight is 440 g/mol. The van der Waals surface area contributed by atoms with Gasteiger partial charge in [-0.1, -0.05) is 47.9 Å². The molecule has 1 aromatic heterocycles. The lowest BCUT2D eigenvalue weighted by Crippen LogP contribution is -2.29. The van der Waals surface area contributed by atoms with Crippen LogP contribution in [-0.2, 0) is 16.1 Å². The average Bonchev–Trinajstić information content (AvgIpc) is 3.24. The van der Waals surface area contributed by atoms with E-state index in [0.717, 1.165) is 17.5 Å². The minimum atomic E-state index is -0.499. The maximum Gasteiger partial charge on any atom is 0.338 e. The molecule has 1 unspecified atom stereocenters. The molecule has 2 heterocycles. The number of benzene rings is 2. The number of carbonyl (C=O) groups excluding carboxylic acids is 1. The summed E-state index contributed by atoms with van der Waals surface area (Å²) in [6.07, 6.45) is 0.742. The Morgan fingerprint density at radius 3 is 2.61 bits per heavy atom. The first-order valence-electron chi connectivity index (χ1n) is 9.96. The molecular weight excluding hydrogens is 418 g/mol. The number of nitrogens with one attached hydrogen (secondary N) is 1. The normalized spacial score (nSPS) is 15.3. The van der Waals surface area contributed by atoms with Crippen molar-refractivity contribution in [3.8, 4) is 5.75 Å². The van der Waals surface area contributed by atoms with Crippen LogP contribution in [-0.4, -0.2) is 32.8 Å². The fourth-order valence-electron chi connectivity index (χ4n) is 3.35. The summed E-state index contributed by atoms with van der Waals surface area (Å²) in [7, 11) is 0. The highest BCUT2D eigenvalue weighted by atomic mass is 35.5. The predicted molar refractivity (Wildman–Crippen MR) is 116 cm³/mol. The summed E-state index contributed by atoms with van der Waals surface area (Å²) in [6, 6.07) is 14.5. The van der Waals surface area contributed by atoms with Gasteiger partial charge in [0.05, 0.1) is 12.2 Å². The minimum absolute atomic E-state index is 0.349. The topological polar surface area (TPSA) is 91.2 Å². The van der Waals surface area contributed by atoms with Gasteiger partial charge in [-0.05, 0) is 59.2 Å². The number of rotatable bonds is 7. The van der Waals surface area contributed by atoms with E-state index in [9.17, 15) is 4.79 Å². The molecule has 1 aliphatic heterocycles. The van der Waals surface area contributed by atoms with Crippen LogP contribution in [0, 0.1) is 0 Å². The van der Waals surface area contributed by atoms with Gasteiger partial charge in [-0.2, -0.15) is 4.68 Å². The van der Waals surface area contributed by atoms with E-state index in [2.05, 4.69) is 20.8 Å². The van der Waals surface area contributed by atoms with Gasteiger partial charge >= 0.3 is 5.97 Å². The van der Waals surface area contributed by atoms with Gasteiger partial charge in [0.1, 0.15) is 18.4 Å². The van der Waals surface area contributed by atoms with Crippen LogP contribution in [0.25, 0.3) is 0 Å². The highest BCUT2D eigenvalue weighted by molar-refractivity contribution is 6.30.